The van der Waals surface area contributed by atoms with Gasteiger partial charge < -0.3 is 10.4 Å². The molecule has 0 radical (unpaired) electrons. The van der Waals surface area contributed by atoms with Gasteiger partial charge in [0.05, 0.1) is 6.10 Å². The van der Waals surface area contributed by atoms with Crippen LogP contribution in [-0.2, 0) is 0 Å². The maximum atomic E-state index is 9.60. The van der Waals surface area contributed by atoms with Crippen molar-refractivity contribution >= 4 is 21.4 Å². The molecule has 3 heteroatoms. The lowest BCUT2D eigenvalue weighted by atomic mass is 10.1. The summed E-state index contributed by atoms with van der Waals surface area (Å²) in [6.07, 6.45) is 3.03. The lowest BCUT2D eigenvalue weighted by Crippen LogP contribution is -2.24. The van der Waals surface area contributed by atoms with Crippen molar-refractivity contribution in [1.82, 2.24) is 5.32 Å². The van der Waals surface area contributed by atoms with Gasteiger partial charge in [-0.3, -0.25) is 0 Å². The number of aryl methyl sites for hydroxylation is 1. The highest BCUT2D eigenvalue weighted by Gasteiger charge is 2.23. The zero-order valence-electron chi connectivity index (χ0n) is 12.2. The monoisotopic (exact) mass is 289 g/mol. The molecule has 0 aliphatic heterocycles. The molecule has 1 fully saturated rings. The highest BCUT2D eigenvalue weighted by atomic mass is 32.1. The van der Waals surface area contributed by atoms with Gasteiger partial charge in [0.25, 0.3) is 0 Å². The average Bonchev–Trinajstić information content (AvgIpc) is 3.01. The molecule has 1 aromatic carbocycles. The van der Waals surface area contributed by atoms with Crippen LogP contribution in [0.5, 0.6) is 0 Å². The van der Waals surface area contributed by atoms with Crippen LogP contribution in [-0.4, -0.2) is 17.8 Å². The van der Waals surface area contributed by atoms with E-state index in [0.29, 0.717) is 12.0 Å². The summed E-state index contributed by atoms with van der Waals surface area (Å²) in [5, 5.41) is 14.6. The SMILES string of the molecule is Cc1c(C(C)NCC2CCC(O)C2)sc2ccccc12. The van der Waals surface area contributed by atoms with Crippen molar-refractivity contribution in [1.29, 1.82) is 0 Å². The number of hydrogen-bond acceptors (Lipinski definition) is 3. The second-order valence-corrected chi connectivity index (χ2v) is 7.13. The van der Waals surface area contributed by atoms with Crippen molar-refractivity contribution in [3.05, 3.63) is 34.7 Å². The van der Waals surface area contributed by atoms with Gasteiger partial charge >= 0.3 is 0 Å². The van der Waals surface area contributed by atoms with Gasteiger partial charge in [0, 0.05) is 15.6 Å². The van der Waals surface area contributed by atoms with E-state index in [4.69, 9.17) is 0 Å². The molecule has 0 spiro atoms. The van der Waals surface area contributed by atoms with E-state index < -0.39 is 0 Å². The Morgan fingerprint density at radius 2 is 2.15 bits per heavy atom. The molecule has 1 aromatic heterocycles. The molecular formula is C17H23NOS. The third kappa shape index (κ3) is 2.76. The standard InChI is InChI=1S/C17H23NOS/c1-11-15-5-3-4-6-16(15)20-17(11)12(2)18-10-13-7-8-14(19)9-13/h3-6,12-14,18-19H,7-10H2,1-2H3. The zero-order valence-corrected chi connectivity index (χ0v) is 13.0. The lowest BCUT2D eigenvalue weighted by Gasteiger charge is -2.17. The Balaban J connectivity index is 1.69. The van der Waals surface area contributed by atoms with E-state index in [1.54, 1.807) is 0 Å². The second kappa shape index (κ2) is 5.84. The van der Waals surface area contributed by atoms with Gasteiger partial charge in [0.15, 0.2) is 0 Å². The van der Waals surface area contributed by atoms with Crippen molar-refractivity contribution < 1.29 is 5.11 Å². The molecule has 1 aliphatic carbocycles. The molecule has 3 rings (SSSR count). The van der Waals surface area contributed by atoms with E-state index in [-0.39, 0.29) is 6.10 Å². The van der Waals surface area contributed by atoms with Crippen molar-refractivity contribution in [2.75, 3.05) is 6.54 Å². The first-order valence-corrected chi connectivity index (χ1v) is 8.36. The fourth-order valence-corrected chi connectivity index (χ4v) is 4.51. The molecule has 0 saturated heterocycles. The molecule has 1 aliphatic rings. The first-order chi connectivity index (χ1) is 9.65. The minimum absolute atomic E-state index is 0.0665. The van der Waals surface area contributed by atoms with E-state index >= 15 is 0 Å². The Kier molecular flexibility index (Phi) is 4.11. The zero-order chi connectivity index (χ0) is 14.1. The number of thiophene rings is 1. The Morgan fingerprint density at radius 3 is 2.85 bits per heavy atom. The molecule has 20 heavy (non-hydrogen) atoms. The van der Waals surface area contributed by atoms with Gasteiger partial charge in [-0.05, 0) is 62.6 Å². The van der Waals surface area contributed by atoms with Crippen LogP contribution in [0.15, 0.2) is 24.3 Å². The highest BCUT2D eigenvalue weighted by molar-refractivity contribution is 7.19. The van der Waals surface area contributed by atoms with Gasteiger partial charge in [0.2, 0.25) is 0 Å². The van der Waals surface area contributed by atoms with Crippen LogP contribution in [0.2, 0.25) is 0 Å². The minimum atomic E-state index is -0.0665. The van der Waals surface area contributed by atoms with Crippen LogP contribution in [0, 0.1) is 12.8 Å². The first-order valence-electron chi connectivity index (χ1n) is 7.54. The molecule has 3 unspecified atom stereocenters. The summed E-state index contributed by atoms with van der Waals surface area (Å²) in [7, 11) is 0. The van der Waals surface area contributed by atoms with Gasteiger partial charge in [-0.2, -0.15) is 0 Å². The fraction of sp³-hybridized carbons (Fsp3) is 0.529. The molecule has 2 N–H and O–H groups in total. The summed E-state index contributed by atoms with van der Waals surface area (Å²) < 4.78 is 1.38. The van der Waals surface area contributed by atoms with Gasteiger partial charge in [0.1, 0.15) is 0 Å². The van der Waals surface area contributed by atoms with E-state index in [9.17, 15) is 5.11 Å². The molecule has 0 bridgehead atoms. The van der Waals surface area contributed by atoms with Gasteiger partial charge in [-0.1, -0.05) is 18.2 Å². The molecule has 0 amide bonds. The maximum absolute atomic E-state index is 9.60. The minimum Gasteiger partial charge on any atom is -0.393 e. The highest BCUT2D eigenvalue weighted by Crippen LogP contribution is 2.35. The van der Waals surface area contributed by atoms with E-state index in [0.717, 1.165) is 25.8 Å². The van der Waals surface area contributed by atoms with Gasteiger partial charge in [-0.25, -0.2) is 0 Å². The predicted octanol–water partition coefficient (Wildman–Crippen LogP) is 4.02. The number of benzene rings is 1. The van der Waals surface area contributed by atoms with E-state index in [2.05, 4.69) is 43.4 Å². The maximum Gasteiger partial charge on any atom is 0.0543 e. The smallest absolute Gasteiger partial charge is 0.0543 e. The quantitative estimate of drug-likeness (QED) is 0.891. The summed E-state index contributed by atoms with van der Waals surface area (Å²) in [6.45, 7) is 5.50. The van der Waals surface area contributed by atoms with E-state index in [1.807, 2.05) is 11.3 Å². The predicted molar refractivity (Wildman–Crippen MR) is 86.3 cm³/mol. The Morgan fingerprint density at radius 1 is 1.35 bits per heavy atom. The second-order valence-electron chi connectivity index (χ2n) is 6.05. The van der Waals surface area contributed by atoms with Crippen LogP contribution in [0.3, 0.4) is 0 Å². The summed E-state index contributed by atoms with van der Waals surface area (Å²) >= 11 is 1.90. The van der Waals surface area contributed by atoms with Crippen molar-refractivity contribution in [2.45, 2.75) is 45.3 Å². The molecular weight excluding hydrogens is 266 g/mol. The normalized spacial score (nSPS) is 24.4. The Labute approximate surface area is 124 Å². The van der Waals surface area contributed by atoms with Crippen molar-refractivity contribution in [2.24, 2.45) is 5.92 Å². The number of rotatable bonds is 4. The summed E-state index contributed by atoms with van der Waals surface area (Å²) in [5.74, 6) is 0.641. The third-order valence-electron chi connectivity index (χ3n) is 4.50. The first kappa shape index (κ1) is 14.1. The van der Waals surface area contributed by atoms with Crippen molar-refractivity contribution in [3.8, 4) is 0 Å². The van der Waals surface area contributed by atoms with Crippen LogP contribution >= 0.6 is 11.3 Å². The van der Waals surface area contributed by atoms with Gasteiger partial charge in [-0.15, -0.1) is 11.3 Å². The molecule has 108 valence electrons. The molecule has 1 saturated carbocycles. The number of fused-ring (bicyclic) bond motifs is 1. The fourth-order valence-electron chi connectivity index (χ4n) is 3.28. The van der Waals surface area contributed by atoms with Crippen LogP contribution in [0.4, 0.5) is 0 Å². The summed E-state index contributed by atoms with van der Waals surface area (Å²) in [5.41, 5.74) is 1.41. The molecule has 3 atom stereocenters. The summed E-state index contributed by atoms with van der Waals surface area (Å²) in [6, 6.07) is 9.04. The van der Waals surface area contributed by atoms with Crippen LogP contribution in [0.1, 0.15) is 42.7 Å². The summed E-state index contributed by atoms with van der Waals surface area (Å²) in [4.78, 5) is 1.45. The van der Waals surface area contributed by atoms with E-state index in [1.165, 1.54) is 20.5 Å². The lowest BCUT2D eigenvalue weighted by molar-refractivity contribution is 0.177. The Hall–Kier alpha value is -0.900. The molecule has 2 aromatic rings. The number of nitrogens with one attached hydrogen (secondary N) is 1. The number of aliphatic hydroxyl groups is 1. The molecule has 1 heterocycles. The number of aliphatic hydroxyl groups excluding tert-OH is 1. The van der Waals surface area contributed by atoms with Crippen molar-refractivity contribution in [3.63, 3.8) is 0 Å². The molecule has 2 nitrogen and oxygen atoms in total. The largest absolute Gasteiger partial charge is 0.393 e. The van der Waals surface area contributed by atoms with Crippen LogP contribution < -0.4 is 5.32 Å². The Bertz CT molecular complexity index is 592. The topological polar surface area (TPSA) is 32.3 Å². The average molecular weight is 289 g/mol. The number of hydrogen-bond donors (Lipinski definition) is 2. The van der Waals surface area contributed by atoms with Crippen LogP contribution in [0.25, 0.3) is 10.1 Å². The third-order valence-corrected chi connectivity index (χ3v) is 5.96.